The SMILES string of the molecule is [C-]#[N+]c1cc(CCNc2ncc(Cc3cnc(OC)nc3)c(=O)[nH]2)ccc1Oc1ccc(F)cn1. The molecule has 3 aromatic heterocycles. The zero-order valence-corrected chi connectivity index (χ0v) is 18.7. The second kappa shape index (κ2) is 10.8. The number of nitrogens with one attached hydrogen (secondary N) is 2. The first-order valence-corrected chi connectivity index (χ1v) is 10.5. The normalized spacial score (nSPS) is 10.4. The number of halogens is 1. The van der Waals surface area contributed by atoms with Crippen molar-refractivity contribution in [3.05, 3.63) is 99.4 Å². The summed E-state index contributed by atoms with van der Waals surface area (Å²) in [6.07, 6.45) is 6.67. The van der Waals surface area contributed by atoms with E-state index in [-0.39, 0.29) is 17.4 Å². The minimum Gasteiger partial charge on any atom is -0.467 e. The van der Waals surface area contributed by atoms with Crippen LogP contribution in [0.4, 0.5) is 16.0 Å². The standard InChI is InChI=1S/C24H20FN7O3/c1-26-19-10-15(3-5-20(19)35-21-6-4-18(25)14-28-21)7-8-27-23-29-13-17(22(33)32-23)9-16-11-30-24(34-2)31-12-16/h3-6,10-14H,7-9H2,2H3,(H2,27,29,32,33). The molecule has 35 heavy (non-hydrogen) atoms. The molecule has 0 atom stereocenters. The van der Waals surface area contributed by atoms with Crippen molar-refractivity contribution >= 4 is 11.6 Å². The first kappa shape index (κ1) is 23.3. The lowest BCUT2D eigenvalue weighted by molar-refractivity contribution is 0.379. The van der Waals surface area contributed by atoms with Gasteiger partial charge in [0.15, 0.2) is 0 Å². The summed E-state index contributed by atoms with van der Waals surface area (Å²) in [5, 5.41) is 3.08. The van der Waals surface area contributed by atoms with E-state index < -0.39 is 5.82 Å². The lowest BCUT2D eigenvalue weighted by Gasteiger charge is -2.10. The number of benzene rings is 1. The lowest BCUT2D eigenvalue weighted by Crippen LogP contribution is -2.18. The number of aromatic amines is 1. The van der Waals surface area contributed by atoms with Gasteiger partial charge in [-0.05, 0) is 30.2 Å². The Hall–Kier alpha value is -4.85. The molecule has 2 N–H and O–H groups in total. The van der Waals surface area contributed by atoms with Crippen molar-refractivity contribution in [1.82, 2.24) is 24.9 Å². The summed E-state index contributed by atoms with van der Waals surface area (Å²) in [7, 11) is 1.48. The fourth-order valence-electron chi connectivity index (χ4n) is 3.15. The number of ether oxygens (including phenoxy) is 2. The molecule has 0 fully saturated rings. The van der Waals surface area contributed by atoms with Gasteiger partial charge in [0.2, 0.25) is 17.5 Å². The fraction of sp³-hybridized carbons (Fsp3) is 0.167. The molecule has 0 amide bonds. The molecule has 0 aliphatic heterocycles. The van der Waals surface area contributed by atoms with Crippen molar-refractivity contribution < 1.29 is 13.9 Å². The number of anilines is 1. The summed E-state index contributed by atoms with van der Waals surface area (Å²) in [6, 6.07) is 8.10. The minimum atomic E-state index is -0.470. The summed E-state index contributed by atoms with van der Waals surface area (Å²) in [6.45, 7) is 7.90. The number of pyridine rings is 1. The van der Waals surface area contributed by atoms with E-state index in [0.29, 0.717) is 42.3 Å². The van der Waals surface area contributed by atoms with Crippen LogP contribution >= 0.6 is 0 Å². The van der Waals surface area contributed by atoms with E-state index in [1.165, 1.54) is 25.4 Å². The average Bonchev–Trinajstić information content (AvgIpc) is 2.88. The molecule has 0 aliphatic rings. The molecule has 4 aromatic rings. The van der Waals surface area contributed by atoms with E-state index >= 15 is 0 Å². The third kappa shape index (κ3) is 6.14. The van der Waals surface area contributed by atoms with E-state index in [4.69, 9.17) is 16.0 Å². The Kier molecular flexibility index (Phi) is 7.22. The molecule has 3 heterocycles. The highest BCUT2D eigenvalue weighted by Crippen LogP contribution is 2.32. The Bertz CT molecular complexity index is 1400. The van der Waals surface area contributed by atoms with Crippen LogP contribution in [0.25, 0.3) is 4.85 Å². The van der Waals surface area contributed by atoms with Gasteiger partial charge < -0.3 is 14.8 Å². The van der Waals surface area contributed by atoms with Gasteiger partial charge >= 0.3 is 6.01 Å². The molecule has 11 heteroatoms. The molecule has 0 spiro atoms. The Morgan fingerprint density at radius 3 is 2.57 bits per heavy atom. The molecule has 0 aliphatic carbocycles. The summed E-state index contributed by atoms with van der Waals surface area (Å²) in [4.78, 5) is 34.8. The third-order valence-corrected chi connectivity index (χ3v) is 4.90. The van der Waals surface area contributed by atoms with Crippen LogP contribution < -0.4 is 20.3 Å². The van der Waals surface area contributed by atoms with E-state index in [0.717, 1.165) is 17.3 Å². The van der Waals surface area contributed by atoms with Crippen molar-refractivity contribution in [3.8, 4) is 17.6 Å². The molecule has 0 radical (unpaired) electrons. The van der Waals surface area contributed by atoms with Crippen LogP contribution in [0.5, 0.6) is 17.6 Å². The molecule has 0 bridgehead atoms. The Morgan fingerprint density at radius 1 is 1.06 bits per heavy atom. The summed E-state index contributed by atoms with van der Waals surface area (Å²) < 4.78 is 23.5. The van der Waals surface area contributed by atoms with E-state index in [1.807, 2.05) is 6.07 Å². The van der Waals surface area contributed by atoms with Crippen LogP contribution in [0.15, 0.2) is 59.9 Å². The van der Waals surface area contributed by atoms with Gasteiger partial charge in [0.25, 0.3) is 5.56 Å². The molecular weight excluding hydrogens is 453 g/mol. The van der Waals surface area contributed by atoms with Gasteiger partial charge in [-0.3, -0.25) is 9.78 Å². The van der Waals surface area contributed by atoms with Crippen LogP contribution in [0.1, 0.15) is 16.7 Å². The topological polar surface area (TPSA) is 119 Å². The van der Waals surface area contributed by atoms with Crippen molar-refractivity contribution in [3.63, 3.8) is 0 Å². The van der Waals surface area contributed by atoms with Gasteiger partial charge in [-0.25, -0.2) is 29.2 Å². The summed E-state index contributed by atoms with van der Waals surface area (Å²) >= 11 is 0. The van der Waals surface area contributed by atoms with Crippen molar-refractivity contribution in [2.75, 3.05) is 19.0 Å². The molecule has 0 unspecified atom stereocenters. The number of methoxy groups -OCH3 is 1. The zero-order valence-electron chi connectivity index (χ0n) is 18.7. The predicted molar refractivity (Wildman–Crippen MR) is 125 cm³/mol. The average molecular weight is 473 g/mol. The van der Waals surface area contributed by atoms with Crippen LogP contribution in [-0.4, -0.2) is 38.6 Å². The highest BCUT2D eigenvalue weighted by atomic mass is 19.1. The highest BCUT2D eigenvalue weighted by Gasteiger charge is 2.09. The molecule has 0 saturated carbocycles. The van der Waals surface area contributed by atoms with E-state index in [1.54, 1.807) is 24.5 Å². The van der Waals surface area contributed by atoms with Crippen molar-refractivity contribution in [2.45, 2.75) is 12.8 Å². The van der Waals surface area contributed by atoms with Crippen molar-refractivity contribution in [1.29, 1.82) is 0 Å². The second-order valence-electron chi connectivity index (χ2n) is 7.35. The first-order chi connectivity index (χ1) is 17.0. The van der Waals surface area contributed by atoms with E-state index in [2.05, 4.69) is 35.1 Å². The monoisotopic (exact) mass is 473 g/mol. The first-order valence-electron chi connectivity index (χ1n) is 10.5. The van der Waals surface area contributed by atoms with Gasteiger partial charge in [0.05, 0.1) is 19.9 Å². The Morgan fingerprint density at radius 2 is 1.89 bits per heavy atom. The summed E-state index contributed by atoms with van der Waals surface area (Å²) in [5.41, 5.74) is 2.19. The van der Waals surface area contributed by atoms with Crippen LogP contribution in [0, 0.1) is 12.4 Å². The molecular formula is C24H20FN7O3. The predicted octanol–water partition coefficient (Wildman–Crippen LogP) is 3.69. The van der Waals surface area contributed by atoms with Gasteiger partial charge in [-0.15, -0.1) is 0 Å². The van der Waals surface area contributed by atoms with Gasteiger partial charge in [0, 0.05) is 43.2 Å². The Balaban J connectivity index is 1.34. The van der Waals surface area contributed by atoms with Crippen molar-refractivity contribution in [2.24, 2.45) is 0 Å². The maximum absolute atomic E-state index is 13.0. The maximum atomic E-state index is 13.0. The van der Waals surface area contributed by atoms with Gasteiger partial charge in [-0.1, -0.05) is 11.6 Å². The number of H-pyrrole nitrogens is 1. The molecule has 4 rings (SSSR count). The molecule has 0 saturated heterocycles. The minimum absolute atomic E-state index is 0.198. The molecule has 10 nitrogen and oxygen atoms in total. The van der Waals surface area contributed by atoms with E-state index in [9.17, 15) is 9.18 Å². The smallest absolute Gasteiger partial charge is 0.316 e. The quantitative estimate of drug-likeness (QED) is 0.353. The highest BCUT2D eigenvalue weighted by molar-refractivity contribution is 5.60. The third-order valence-electron chi connectivity index (χ3n) is 4.90. The van der Waals surface area contributed by atoms with Crippen LogP contribution in [0.3, 0.4) is 0 Å². The Labute approximate surface area is 199 Å². The zero-order chi connectivity index (χ0) is 24.6. The fourth-order valence-corrected chi connectivity index (χ4v) is 3.15. The largest absolute Gasteiger partial charge is 0.467 e. The number of hydrogen-bond donors (Lipinski definition) is 2. The van der Waals surface area contributed by atoms with Gasteiger partial charge in [0.1, 0.15) is 11.6 Å². The molecule has 1 aromatic carbocycles. The summed E-state index contributed by atoms with van der Waals surface area (Å²) in [5.74, 6) is 0.406. The number of nitrogens with zero attached hydrogens (tertiary/aromatic N) is 5. The molecule has 176 valence electrons. The van der Waals surface area contributed by atoms with Crippen LogP contribution in [-0.2, 0) is 12.8 Å². The van der Waals surface area contributed by atoms with Crippen LogP contribution in [0.2, 0.25) is 0 Å². The number of hydrogen-bond acceptors (Lipinski definition) is 8. The van der Waals surface area contributed by atoms with Gasteiger partial charge in [-0.2, -0.15) is 0 Å². The number of aromatic nitrogens is 5. The lowest BCUT2D eigenvalue weighted by atomic mass is 10.1. The maximum Gasteiger partial charge on any atom is 0.316 e. The number of rotatable bonds is 9. The second-order valence-corrected chi connectivity index (χ2v) is 7.35.